The first-order valence-corrected chi connectivity index (χ1v) is 9.25. The molecule has 1 aromatic heterocycles. The number of hydrogen-bond donors (Lipinski definition) is 2. The number of carbonyl (C=O) groups is 1. The molecule has 2 aliphatic heterocycles. The molecule has 2 amide bonds. The van der Waals surface area contributed by atoms with Crippen molar-refractivity contribution in [2.75, 3.05) is 13.1 Å². The van der Waals surface area contributed by atoms with Crippen LogP contribution in [0.4, 0.5) is 4.79 Å². The van der Waals surface area contributed by atoms with Gasteiger partial charge >= 0.3 is 6.03 Å². The van der Waals surface area contributed by atoms with Gasteiger partial charge in [-0.2, -0.15) is 0 Å². The zero-order valence-corrected chi connectivity index (χ0v) is 14.0. The summed E-state index contributed by atoms with van der Waals surface area (Å²) in [5, 5.41) is 6.49. The standard InChI is InChI=1S/C17H22N4OS/c22-17(21-9-15-16(10-21)23-11-19-15)20-14-3-1-12(2-4-14)13-5-7-18-8-6-13/h1,3,11,13,18H,2,4-10H2,(H,20,22). The molecule has 0 bridgehead atoms. The molecule has 6 heteroatoms. The van der Waals surface area contributed by atoms with Crippen LogP contribution < -0.4 is 10.6 Å². The van der Waals surface area contributed by atoms with Crippen molar-refractivity contribution in [3.63, 3.8) is 0 Å². The number of piperidine rings is 1. The minimum absolute atomic E-state index is 0.000154. The van der Waals surface area contributed by atoms with Crippen LogP contribution in [0.3, 0.4) is 0 Å². The van der Waals surface area contributed by atoms with Gasteiger partial charge in [-0.15, -0.1) is 11.3 Å². The van der Waals surface area contributed by atoms with E-state index in [1.165, 1.54) is 17.7 Å². The maximum atomic E-state index is 12.4. The number of urea groups is 1. The van der Waals surface area contributed by atoms with E-state index in [-0.39, 0.29) is 6.03 Å². The third kappa shape index (κ3) is 3.19. The number of hydrogen-bond acceptors (Lipinski definition) is 4. The highest BCUT2D eigenvalue weighted by atomic mass is 32.1. The summed E-state index contributed by atoms with van der Waals surface area (Å²) >= 11 is 1.63. The zero-order valence-electron chi connectivity index (χ0n) is 13.2. The Kier molecular flexibility index (Phi) is 4.18. The molecule has 23 heavy (non-hydrogen) atoms. The maximum Gasteiger partial charge on any atom is 0.322 e. The molecule has 1 saturated heterocycles. The summed E-state index contributed by atoms with van der Waals surface area (Å²) in [6.07, 6.45) is 8.83. The van der Waals surface area contributed by atoms with Gasteiger partial charge in [0.2, 0.25) is 0 Å². The van der Waals surface area contributed by atoms with Gasteiger partial charge in [-0.1, -0.05) is 11.6 Å². The predicted octanol–water partition coefficient (Wildman–Crippen LogP) is 2.77. The molecule has 1 aromatic rings. The summed E-state index contributed by atoms with van der Waals surface area (Å²) in [6.45, 7) is 3.58. The maximum absolute atomic E-state index is 12.4. The van der Waals surface area contributed by atoms with Crippen molar-refractivity contribution >= 4 is 17.4 Å². The quantitative estimate of drug-likeness (QED) is 0.877. The van der Waals surface area contributed by atoms with Gasteiger partial charge in [0, 0.05) is 10.6 Å². The second-order valence-electron chi connectivity index (χ2n) is 6.47. The van der Waals surface area contributed by atoms with E-state index in [1.807, 2.05) is 10.4 Å². The molecule has 3 heterocycles. The molecule has 2 N–H and O–H groups in total. The van der Waals surface area contributed by atoms with Crippen LogP contribution in [0.2, 0.25) is 0 Å². The summed E-state index contributed by atoms with van der Waals surface area (Å²) in [6, 6.07) is 0.000154. The molecule has 0 radical (unpaired) electrons. The van der Waals surface area contributed by atoms with E-state index < -0.39 is 0 Å². The van der Waals surface area contributed by atoms with E-state index in [2.05, 4.69) is 27.8 Å². The number of carbonyl (C=O) groups excluding carboxylic acids is 1. The van der Waals surface area contributed by atoms with Crippen molar-refractivity contribution < 1.29 is 4.79 Å². The lowest BCUT2D eigenvalue weighted by atomic mass is 9.85. The minimum Gasteiger partial charge on any atom is -0.317 e. The van der Waals surface area contributed by atoms with Crippen LogP contribution in [0, 0.1) is 5.92 Å². The van der Waals surface area contributed by atoms with Gasteiger partial charge < -0.3 is 15.5 Å². The molecule has 4 rings (SSSR count). The highest BCUT2D eigenvalue weighted by Crippen LogP contribution is 2.29. The van der Waals surface area contributed by atoms with Crippen LogP contribution in [-0.4, -0.2) is 29.0 Å². The molecule has 0 atom stereocenters. The Labute approximate surface area is 140 Å². The van der Waals surface area contributed by atoms with Crippen LogP contribution in [0.5, 0.6) is 0 Å². The van der Waals surface area contributed by atoms with Crippen LogP contribution in [0.25, 0.3) is 0 Å². The average Bonchev–Trinajstić information content (AvgIpc) is 3.18. The molecular formula is C17H22N4OS. The topological polar surface area (TPSA) is 57.3 Å². The first-order valence-electron chi connectivity index (χ1n) is 8.37. The number of aromatic nitrogens is 1. The SMILES string of the molecule is O=C(NC1=CC=C(C2CCNCC2)CC1)N1Cc2ncsc2C1. The van der Waals surface area contributed by atoms with E-state index in [0.29, 0.717) is 13.1 Å². The Balaban J connectivity index is 1.34. The number of allylic oxidation sites excluding steroid dienone is 4. The first kappa shape index (κ1) is 14.9. The van der Waals surface area contributed by atoms with Crippen molar-refractivity contribution in [2.45, 2.75) is 38.8 Å². The Hall–Kier alpha value is -1.66. The molecule has 122 valence electrons. The van der Waals surface area contributed by atoms with Crippen LogP contribution >= 0.6 is 11.3 Å². The third-order valence-electron chi connectivity index (χ3n) is 5.00. The van der Waals surface area contributed by atoms with Gasteiger partial charge in [0.15, 0.2) is 0 Å². The van der Waals surface area contributed by atoms with E-state index in [9.17, 15) is 4.79 Å². The highest BCUT2D eigenvalue weighted by molar-refractivity contribution is 7.09. The second-order valence-corrected chi connectivity index (χ2v) is 7.41. The average molecular weight is 330 g/mol. The Morgan fingerprint density at radius 1 is 1.26 bits per heavy atom. The second kappa shape index (κ2) is 6.45. The molecule has 5 nitrogen and oxygen atoms in total. The summed E-state index contributed by atoms with van der Waals surface area (Å²) in [5.41, 5.74) is 5.50. The van der Waals surface area contributed by atoms with Gasteiger partial charge in [-0.05, 0) is 50.8 Å². The number of amides is 2. The van der Waals surface area contributed by atoms with Gasteiger partial charge in [-0.25, -0.2) is 9.78 Å². The Morgan fingerprint density at radius 2 is 2.13 bits per heavy atom. The van der Waals surface area contributed by atoms with Crippen LogP contribution in [0.15, 0.2) is 28.9 Å². The number of nitrogens with zero attached hydrogens (tertiary/aromatic N) is 2. The van der Waals surface area contributed by atoms with Gasteiger partial charge in [-0.3, -0.25) is 0 Å². The molecule has 0 saturated carbocycles. The fourth-order valence-corrected chi connectivity index (χ4v) is 4.40. The van der Waals surface area contributed by atoms with Crippen molar-refractivity contribution in [3.8, 4) is 0 Å². The van der Waals surface area contributed by atoms with Crippen LogP contribution in [-0.2, 0) is 13.1 Å². The first-order chi connectivity index (χ1) is 11.3. The molecular weight excluding hydrogens is 308 g/mol. The predicted molar refractivity (Wildman–Crippen MR) is 90.9 cm³/mol. The van der Waals surface area contributed by atoms with Crippen molar-refractivity contribution in [3.05, 3.63) is 39.5 Å². The van der Waals surface area contributed by atoms with Crippen molar-refractivity contribution in [1.82, 2.24) is 20.5 Å². The van der Waals surface area contributed by atoms with Gasteiger partial charge in [0.25, 0.3) is 0 Å². The highest BCUT2D eigenvalue weighted by Gasteiger charge is 2.26. The van der Waals surface area contributed by atoms with E-state index >= 15 is 0 Å². The molecule has 3 aliphatic rings. The molecule has 1 fully saturated rings. The molecule has 0 unspecified atom stereocenters. The largest absolute Gasteiger partial charge is 0.322 e. The normalized spacial score (nSPS) is 21.7. The number of nitrogens with one attached hydrogen (secondary N) is 2. The molecule has 0 spiro atoms. The summed E-state index contributed by atoms with van der Waals surface area (Å²) in [7, 11) is 0. The lowest BCUT2D eigenvalue weighted by Gasteiger charge is -2.27. The smallest absolute Gasteiger partial charge is 0.317 e. The lowest BCUT2D eigenvalue weighted by Crippen LogP contribution is -2.36. The van der Waals surface area contributed by atoms with Crippen molar-refractivity contribution in [1.29, 1.82) is 0 Å². The number of fused-ring (bicyclic) bond motifs is 1. The molecule has 1 aliphatic carbocycles. The summed E-state index contributed by atoms with van der Waals surface area (Å²) in [4.78, 5) is 19.7. The Bertz CT molecular complexity index is 637. The number of thiazole rings is 1. The van der Waals surface area contributed by atoms with E-state index in [4.69, 9.17) is 0 Å². The zero-order chi connectivity index (χ0) is 15.6. The van der Waals surface area contributed by atoms with Gasteiger partial charge in [0.05, 0.1) is 24.3 Å². The number of rotatable bonds is 2. The van der Waals surface area contributed by atoms with Crippen LogP contribution in [0.1, 0.15) is 36.3 Å². The van der Waals surface area contributed by atoms with E-state index in [0.717, 1.165) is 43.2 Å². The fourth-order valence-electron chi connectivity index (χ4n) is 3.61. The Morgan fingerprint density at radius 3 is 2.87 bits per heavy atom. The molecule has 0 aromatic carbocycles. The van der Waals surface area contributed by atoms with Crippen molar-refractivity contribution in [2.24, 2.45) is 5.92 Å². The van der Waals surface area contributed by atoms with Gasteiger partial charge in [0.1, 0.15) is 0 Å². The minimum atomic E-state index is 0.000154. The summed E-state index contributed by atoms with van der Waals surface area (Å²) in [5.74, 6) is 0.727. The van der Waals surface area contributed by atoms with E-state index in [1.54, 1.807) is 16.9 Å². The lowest BCUT2D eigenvalue weighted by molar-refractivity contribution is 0.201. The fraction of sp³-hybridized carbons (Fsp3) is 0.529. The third-order valence-corrected chi connectivity index (χ3v) is 5.86. The monoisotopic (exact) mass is 330 g/mol. The summed E-state index contributed by atoms with van der Waals surface area (Å²) < 4.78 is 0.